The van der Waals surface area contributed by atoms with Gasteiger partial charge < -0.3 is 5.11 Å². The van der Waals surface area contributed by atoms with Gasteiger partial charge in [-0.3, -0.25) is 4.90 Å². The lowest BCUT2D eigenvalue weighted by atomic mass is 10.3. The molecule has 0 aromatic heterocycles. The highest BCUT2D eigenvalue weighted by Crippen LogP contribution is 1.92. The summed E-state index contributed by atoms with van der Waals surface area (Å²) < 4.78 is 0. The Balaban J connectivity index is 3.51. The third kappa shape index (κ3) is 7.75. The smallest absolute Gasteiger partial charge is 0.104 e. The van der Waals surface area contributed by atoms with E-state index in [2.05, 4.69) is 19.1 Å². The van der Waals surface area contributed by atoms with Crippen molar-refractivity contribution < 1.29 is 5.11 Å². The molecular formula is C11H21NO. The number of nitrogens with zero attached hydrogens (tertiary/aromatic N) is 1. The Morgan fingerprint density at radius 3 is 2.46 bits per heavy atom. The summed E-state index contributed by atoms with van der Waals surface area (Å²) in [6, 6.07) is 0. The highest BCUT2D eigenvalue weighted by Gasteiger charge is 1.99. The molecule has 0 saturated heterocycles. The first-order valence-electron chi connectivity index (χ1n) is 4.88. The lowest BCUT2D eigenvalue weighted by Crippen LogP contribution is -2.28. The number of hydrogen-bond donors (Lipinski definition) is 1. The Hall–Kier alpha value is -0.600. The topological polar surface area (TPSA) is 23.5 Å². The molecule has 0 aliphatic rings. The molecule has 0 amide bonds. The number of likely N-dealkylation sites (N-methyl/N-ethyl adjacent to an activating group) is 1. The van der Waals surface area contributed by atoms with Gasteiger partial charge in [-0.05, 0) is 20.4 Å². The number of unbranched alkanes of at least 4 members (excludes halogenated alkanes) is 1. The van der Waals surface area contributed by atoms with E-state index in [1.807, 2.05) is 24.1 Å². The third-order valence-corrected chi connectivity index (χ3v) is 1.87. The summed E-state index contributed by atoms with van der Waals surface area (Å²) >= 11 is 0. The van der Waals surface area contributed by atoms with Crippen molar-refractivity contribution in [1.82, 2.24) is 4.90 Å². The number of aliphatic hydroxyl groups is 1. The summed E-state index contributed by atoms with van der Waals surface area (Å²) in [5.74, 6) is 0. The molecule has 1 N–H and O–H groups in total. The summed E-state index contributed by atoms with van der Waals surface area (Å²) in [6.07, 6.45) is 10.2. The van der Waals surface area contributed by atoms with Gasteiger partial charge in [0.1, 0.15) is 6.23 Å². The first-order valence-corrected chi connectivity index (χ1v) is 4.88. The molecule has 2 nitrogen and oxygen atoms in total. The lowest BCUT2D eigenvalue weighted by Gasteiger charge is -2.16. The molecule has 0 aliphatic heterocycles. The predicted molar refractivity (Wildman–Crippen MR) is 57.5 cm³/mol. The molecule has 0 aliphatic carbocycles. The molecule has 0 heterocycles. The van der Waals surface area contributed by atoms with Crippen molar-refractivity contribution in [3.05, 3.63) is 24.3 Å². The molecular weight excluding hydrogens is 162 g/mol. The van der Waals surface area contributed by atoms with E-state index >= 15 is 0 Å². The van der Waals surface area contributed by atoms with Crippen molar-refractivity contribution in [2.24, 2.45) is 0 Å². The number of hydrogen-bond acceptors (Lipinski definition) is 2. The van der Waals surface area contributed by atoms with Crippen LogP contribution >= 0.6 is 0 Å². The highest BCUT2D eigenvalue weighted by atomic mass is 16.3. The van der Waals surface area contributed by atoms with Crippen LogP contribution in [0.25, 0.3) is 0 Å². The SMILES string of the molecule is CCC/C=C/C=C/CN(C)C(C)O. The van der Waals surface area contributed by atoms with E-state index in [1.165, 1.54) is 6.42 Å². The quantitative estimate of drug-likeness (QED) is 0.504. The van der Waals surface area contributed by atoms with Crippen LogP contribution in [-0.2, 0) is 0 Å². The second kappa shape index (κ2) is 8.02. The van der Waals surface area contributed by atoms with E-state index in [9.17, 15) is 0 Å². The largest absolute Gasteiger partial charge is 0.379 e. The molecule has 1 unspecified atom stereocenters. The summed E-state index contributed by atoms with van der Waals surface area (Å²) in [6.45, 7) is 4.71. The van der Waals surface area contributed by atoms with Gasteiger partial charge in [0, 0.05) is 6.54 Å². The summed E-state index contributed by atoms with van der Waals surface area (Å²) in [5, 5.41) is 9.14. The van der Waals surface area contributed by atoms with Gasteiger partial charge >= 0.3 is 0 Å². The minimum atomic E-state index is -0.371. The molecule has 2 heteroatoms. The molecule has 0 aromatic carbocycles. The maximum absolute atomic E-state index is 9.14. The molecule has 0 saturated carbocycles. The van der Waals surface area contributed by atoms with Crippen LogP contribution < -0.4 is 0 Å². The first-order chi connectivity index (χ1) is 6.18. The predicted octanol–water partition coefficient (Wildman–Crippen LogP) is 2.17. The monoisotopic (exact) mass is 183 g/mol. The minimum absolute atomic E-state index is 0.371. The Morgan fingerprint density at radius 1 is 1.31 bits per heavy atom. The number of rotatable bonds is 6. The van der Waals surface area contributed by atoms with Crippen molar-refractivity contribution in [3.8, 4) is 0 Å². The van der Waals surface area contributed by atoms with Crippen LogP contribution in [0.2, 0.25) is 0 Å². The fourth-order valence-electron chi connectivity index (χ4n) is 0.800. The van der Waals surface area contributed by atoms with Gasteiger partial charge in [-0.15, -0.1) is 0 Å². The molecule has 0 radical (unpaired) electrons. The molecule has 0 rings (SSSR count). The van der Waals surface area contributed by atoms with E-state index in [0.717, 1.165) is 13.0 Å². The standard InChI is InChI=1S/C11H21NO/c1-4-5-6-7-8-9-10-12(3)11(2)13/h6-9,11,13H,4-5,10H2,1-3H3/b7-6+,9-8+. The maximum Gasteiger partial charge on any atom is 0.104 e. The van der Waals surface area contributed by atoms with Crippen LogP contribution in [0.5, 0.6) is 0 Å². The molecule has 76 valence electrons. The van der Waals surface area contributed by atoms with Crippen LogP contribution in [-0.4, -0.2) is 29.8 Å². The highest BCUT2D eigenvalue weighted by molar-refractivity contribution is 5.03. The summed E-state index contributed by atoms with van der Waals surface area (Å²) in [4.78, 5) is 1.87. The molecule has 0 spiro atoms. The minimum Gasteiger partial charge on any atom is -0.379 e. The van der Waals surface area contributed by atoms with Gasteiger partial charge in [-0.2, -0.15) is 0 Å². The average molecular weight is 183 g/mol. The van der Waals surface area contributed by atoms with E-state index in [0.29, 0.717) is 0 Å². The zero-order chi connectivity index (χ0) is 10.1. The molecule has 0 aromatic rings. The number of aliphatic hydroxyl groups excluding tert-OH is 1. The van der Waals surface area contributed by atoms with Crippen LogP contribution in [0.15, 0.2) is 24.3 Å². The van der Waals surface area contributed by atoms with Crippen LogP contribution in [0.3, 0.4) is 0 Å². The molecule has 1 atom stereocenters. The Bertz CT molecular complexity index is 161. The Labute approximate surface area is 81.6 Å². The van der Waals surface area contributed by atoms with Gasteiger partial charge in [-0.25, -0.2) is 0 Å². The normalized spacial score (nSPS) is 14.8. The maximum atomic E-state index is 9.14. The van der Waals surface area contributed by atoms with Crippen LogP contribution in [0.1, 0.15) is 26.7 Å². The van der Waals surface area contributed by atoms with E-state index in [1.54, 1.807) is 6.92 Å². The van der Waals surface area contributed by atoms with E-state index < -0.39 is 0 Å². The average Bonchev–Trinajstić information content (AvgIpc) is 2.10. The van der Waals surface area contributed by atoms with Crippen molar-refractivity contribution in [3.63, 3.8) is 0 Å². The van der Waals surface area contributed by atoms with Crippen molar-refractivity contribution in [2.75, 3.05) is 13.6 Å². The van der Waals surface area contributed by atoms with Crippen LogP contribution in [0.4, 0.5) is 0 Å². The second-order valence-corrected chi connectivity index (χ2v) is 3.22. The molecule has 0 bridgehead atoms. The van der Waals surface area contributed by atoms with Gasteiger partial charge in [0.25, 0.3) is 0 Å². The molecule has 0 fully saturated rings. The van der Waals surface area contributed by atoms with Crippen molar-refractivity contribution in [1.29, 1.82) is 0 Å². The molecule has 13 heavy (non-hydrogen) atoms. The Kier molecular flexibility index (Phi) is 7.65. The van der Waals surface area contributed by atoms with Gasteiger partial charge in [-0.1, -0.05) is 37.6 Å². The third-order valence-electron chi connectivity index (χ3n) is 1.87. The van der Waals surface area contributed by atoms with Gasteiger partial charge in [0.15, 0.2) is 0 Å². The van der Waals surface area contributed by atoms with E-state index in [-0.39, 0.29) is 6.23 Å². The fourth-order valence-corrected chi connectivity index (χ4v) is 0.800. The van der Waals surface area contributed by atoms with Gasteiger partial charge in [0.05, 0.1) is 0 Å². The Morgan fingerprint density at radius 2 is 1.92 bits per heavy atom. The van der Waals surface area contributed by atoms with Gasteiger partial charge in [0.2, 0.25) is 0 Å². The van der Waals surface area contributed by atoms with Crippen molar-refractivity contribution in [2.45, 2.75) is 32.9 Å². The lowest BCUT2D eigenvalue weighted by molar-refractivity contribution is 0.0470. The summed E-state index contributed by atoms with van der Waals surface area (Å²) in [7, 11) is 1.89. The first kappa shape index (κ1) is 12.4. The van der Waals surface area contributed by atoms with Crippen molar-refractivity contribution >= 4 is 0 Å². The zero-order valence-corrected chi connectivity index (χ0v) is 8.90. The summed E-state index contributed by atoms with van der Waals surface area (Å²) in [5.41, 5.74) is 0. The fraction of sp³-hybridized carbons (Fsp3) is 0.636. The van der Waals surface area contributed by atoms with Crippen LogP contribution in [0, 0.1) is 0 Å². The second-order valence-electron chi connectivity index (χ2n) is 3.22. The zero-order valence-electron chi connectivity index (χ0n) is 8.90. The van der Waals surface area contributed by atoms with E-state index in [4.69, 9.17) is 5.11 Å². The number of allylic oxidation sites excluding steroid dienone is 3.